The van der Waals surface area contributed by atoms with E-state index in [-0.39, 0.29) is 11.6 Å². The van der Waals surface area contributed by atoms with E-state index in [0.29, 0.717) is 17.9 Å². The van der Waals surface area contributed by atoms with Gasteiger partial charge in [0.15, 0.2) is 23.3 Å². The van der Waals surface area contributed by atoms with Crippen molar-refractivity contribution in [2.45, 2.75) is 25.3 Å². The Morgan fingerprint density at radius 3 is 2.37 bits per heavy atom. The van der Waals surface area contributed by atoms with Gasteiger partial charge in [0.2, 0.25) is 0 Å². The first-order valence-electron chi connectivity index (χ1n) is 6.78. The van der Waals surface area contributed by atoms with Crippen LogP contribution < -0.4 is 16.6 Å². The third-order valence-electron chi connectivity index (χ3n) is 5.10. The second kappa shape index (κ2) is 3.79. The van der Waals surface area contributed by atoms with E-state index in [9.17, 15) is 8.78 Å². The van der Waals surface area contributed by atoms with Crippen LogP contribution in [0.1, 0.15) is 19.3 Å². The molecule has 3 aliphatic rings. The molecule has 19 heavy (non-hydrogen) atoms. The first kappa shape index (κ1) is 11.4. The lowest BCUT2D eigenvalue weighted by atomic mass is 10.0. The van der Waals surface area contributed by atoms with Crippen molar-refractivity contribution in [1.29, 1.82) is 0 Å². The number of nitrogen functional groups attached to an aromatic ring is 1. The van der Waals surface area contributed by atoms with Gasteiger partial charge in [-0.15, -0.1) is 0 Å². The van der Waals surface area contributed by atoms with Gasteiger partial charge in [-0.25, -0.2) is 19.6 Å². The second-order valence-electron chi connectivity index (χ2n) is 5.95. The summed E-state index contributed by atoms with van der Waals surface area (Å²) in [6, 6.07) is 1.13. The lowest BCUT2D eigenvalue weighted by Gasteiger charge is -2.13. The highest BCUT2D eigenvalue weighted by atomic mass is 19.1. The van der Waals surface area contributed by atoms with Crippen LogP contribution in [0.4, 0.5) is 20.4 Å². The molecule has 1 heterocycles. The van der Waals surface area contributed by atoms with Crippen LogP contribution in [0.3, 0.4) is 0 Å². The van der Waals surface area contributed by atoms with Crippen LogP contribution in [-0.2, 0) is 0 Å². The lowest BCUT2D eigenvalue weighted by Crippen LogP contribution is -2.17. The van der Waals surface area contributed by atoms with Crippen molar-refractivity contribution in [2.75, 3.05) is 10.7 Å². The fraction of sp³-hybridized carbons (Fsp3) is 0.615. The number of pyridine rings is 1. The van der Waals surface area contributed by atoms with Gasteiger partial charge in [-0.05, 0) is 42.9 Å². The van der Waals surface area contributed by atoms with E-state index < -0.39 is 11.6 Å². The molecule has 3 aliphatic carbocycles. The van der Waals surface area contributed by atoms with Gasteiger partial charge in [0, 0.05) is 12.1 Å². The maximum Gasteiger partial charge on any atom is 0.178 e. The fourth-order valence-corrected chi connectivity index (χ4v) is 4.35. The molecule has 3 saturated carbocycles. The van der Waals surface area contributed by atoms with Crippen LogP contribution in [0.15, 0.2) is 6.07 Å². The zero-order valence-corrected chi connectivity index (χ0v) is 10.4. The monoisotopic (exact) mass is 266 g/mol. The summed E-state index contributed by atoms with van der Waals surface area (Å²) in [5, 5.41) is 3.14. The van der Waals surface area contributed by atoms with Crippen molar-refractivity contribution >= 4 is 11.6 Å². The molecule has 2 bridgehead atoms. The van der Waals surface area contributed by atoms with E-state index in [1.54, 1.807) is 0 Å². The highest BCUT2D eigenvalue weighted by molar-refractivity contribution is 5.49. The highest BCUT2D eigenvalue weighted by Gasteiger charge is 2.65. The van der Waals surface area contributed by atoms with Gasteiger partial charge in [0.1, 0.15) is 0 Å². The number of fused-ring (bicyclic) bond motifs is 5. The molecule has 0 amide bonds. The molecule has 4 rings (SSSR count). The van der Waals surface area contributed by atoms with Crippen molar-refractivity contribution in [1.82, 2.24) is 4.98 Å². The van der Waals surface area contributed by atoms with Crippen molar-refractivity contribution in [2.24, 2.45) is 29.5 Å². The summed E-state index contributed by atoms with van der Waals surface area (Å²) in [5.74, 6) is 6.62. The quantitative estimate of drug-likeness (QED) is 0.579. The van der Waals surface area contributed by atoms with Gasteiger partial charge in [-0.3, -0.25) is 0 Å². The van der Waals surface area contributed by atoms with Crippen LogP contribution in [0.5, 0.6) is 0 Å². The van der Waals surface area contributed by atoms with E-state index in [1.807, 2.05) is 0 Å². The van der Waals surface area contributed by atoms with Crippen LogP contribution in [-0.4, -0.2) is 11.0 Å². The zero-order chi connectivity index (χ0) is 13.1. The number of halogens is 2. The number of rotatable bonds is 3. The van der Waals surface area contributed by atoms with Gasteiger partial charge in [-0.1, -0.05) is 0 Å². The van der Waals surface area contributed by atoms with Gasteiger partial charge < -0.3 is 10.7 Å². The molecule has 3 fully saturated rings. The molecule has 4 nitrogen and oxygen atoms in total. The number of aromatic nitrogens is 1. The lowest BCUT2D eigenvalue weighted by molar-refractivity contribution is 0.456. The predicted molar refractivity (Wildman–Crippen MR) is 67.2 cm³/mol. The Labute approximate surface area is 109 Å². The molecule has 4 atom stereocenters. The zero-order valence-electron chi connectivity index (χ0n) is 10.4. The number of anilines is 2. The number of hydrazine groups is 1. The van der Waals surface area contributed by atoms with E-state index in [2.05, 4.69) is 15.7 Å². The Bertz CT molecular complexity index is 520. The summed E-state index contributed by atoms with van der Waals surface area (Å²) in [7, 11) is 0. The van der Waals surface area contributed by atoms with Crippen LogP contribution >= 0.6 is 0 Å². The molecule has 0 radical (unpaired) electrons. The molecule has 0 spiro atoms. The average molecular weight is 266 g/mol. The smallest absolute Gasteiger partial charge is 0.178 e. The van der Waals surface area contributed by atoms with Gasteiger partial charge >= 0.3 is 0 Å². The van der Waals surface area contributed by atoms with E-state index in [1.165, 1.54) is 19.3 Å². The van der Waals surface area contributed by atoms with Crippen LogP contribution in [0.25, 0.3) is 0 Å². The second-order valence-corrected chi connectivity index (χ2v) is 5.95. The van der Waals surface area contributed by atoms with Crippen LogP contribution in [0, 0.1) is 35.3 Å². The van der Waals surface area contributed by atoms with E-state index >= 15 is 0 Å². The van der Waals surface area contributed by atoms with Crippen molar-refractivity contribution < 1.29 is 8.78 Å². The van der Waals surface area contributed by atoms with Gasteiger partial charge in [0.25, 0.3) is 0 Å². The Balaban J connectivity index is 1.55. The topological polar surface area (TPSA) is 63.0 Å². The van der Waals surface area contributed by atoms with Gasteiger partial charge in [-0.2, -0.15) is 0 Å². The fourth-order valence-electron chi connectivity index (χ4n) is 4.35. The molecule has 1 aromatic heterocycles. The first-order chi connectivity index (χ1) is 9.19. The number of nitrogens with zero attached hydrogens (tertiary/aromatic N) is 1. The average Bonchev–Trinajstić information content (AvgIpc) is 2.79. The summed E-state index contributed by atoms with van der Waals surface area (Å²) in [6.45, 7) is 0. The number of nitrogens with two attached hydrogens (primary N) is 1. The maximum atomic E-state index is 13.7. The Morgan fingerprint density at radius 2 is 1.74 bits per heavy atom. The summed E-state index contributed by atoms with van der Waals surface area (Å²) >= 11 is 0. The maximum absolute atomic E-state index is 13.7. The minimum atomic E-state index is -0.776. The number of hydrogen-bond acceptors (Lipinski definition) is 4. The predicted octanol–water partition coefficient (Wildman–Crippen LogP) is 2.10. The Hall–Kier alpha value is -1.43. The molecule has 0 aliphatic heterocycles. The summed E-state index contributed by atoms with van der Waals surface area (Å²) < 4.78 is 27.0. The molecular weight excluding hydrogens is 250 g/mol. The van der Waals surface area contributed by atoms with Crippen molar-refractivity contribution in [3.8, 4) is 0 Å². The summed E-state index contributed by atoms with van der Waals surface area (Å²) in [6.07, 6.45) is 3.94. The highest BCUT2D eigenvalue weighted by Crippen LogP contribution is 2.66. The standard InChI is InChI=1S/C13H16F2N4/c14-7-4-8(15)13(19-16)18-12(7)17-11-9-5-1-2-6(3-5)10(9)11/h4-6,9-11H,1-3,16H2,(H2,17,18,19). The Kier molecular flexibility index (Phi) is 2.27. The third-order valence-corrected chi connectivity index (χ3v) is 5.10. The van der Waals surface area contributed by atoms with Crippen LogP contribution in [0.2, 0.25) is 0 Å². The number of hydrogen-bond donors (Lipinski definition) is 3. The Morgan fingerprint density at radius 1 is 1.11 bits per heavy atom. The summed E-state index contributed by atoms with van der Waals surface area (Å²) in [4.78, 5) is 3.87. The molecule has 0 aromatic carbocycles. The normalized spacial score (nSPS) is 38.2. The van der Waals surface area contributed by atoms with Crippen molar-refractivity contribution in [3.63, 3.8) is 0 Å². The SMILES string of the molecule is NNc1nc(NC2C3C4CCC(C4)C23)c(F)cc1F. The minimum absolute atomic E-state index is 0.105. The molecule has 4 unspecified atom stereocenters. The number of nitrogens with one attached hydrogen (secondary N) is 2. The minimum Gasteiger partial charge on any atom is -0.364 e. The molecule has 6 heteroatoms. The molecular formula is C13H16F2N4. The molecule has 1 aromatic rings. The van der Waals surface area contributed by atoms with E-state index in [4.69, 9.17) is 5.84 Å². The first-order valence-corrected chi connectivity index (χ1v) is 6.78. The molecule has 0 saturated heterocycles. The molecule has 102 valence electrons. The van der Waals surface area contributed by atoms with E-state index in [0.717, 1.165) is 17.9 Å². The summed E-state index contributed by atoms with van der Waals surface area (Å²) in [5.41, 5.74) is 2.14. The largest absolute Gasteiger partial charge is 0.364 e. The third kappa shape index (κ3) is 1.55. The van der Waals surface area contributed by atoms with Crippen molar-refractivity contribution in [3.05, 3.63) is 17.7 Å². The molecule has 4 N–H and O–H groups in total. The van der Waals surface area contributed by atoms with Gasteiger partial charge in [0.05, 0.1) is 0 Å².